The SMILES string of the molecule is Cc1ccc(-c2cc(C)c(CN3CCOC(c4ccc(F)cc4)(c4ccc(F)cc4)C3)o2)cc1.Cl.Cl. The maximum absolute atomic E-state index is 13.7. The van der Waals surface area contributed by atoms with Gasteiger partial charge >= 0.3 is 0 Å². The van der Waals surface area contributed by atoms with Gasteiger partial charge in [0.15, 0.2) is 0 Å². The Morgan fingerprint density at radius 3 is 1.92 bits per heavy atom. The molecule has 2 heterocycles. The van der Waals surface area contributed by atoms with Crippen LogP contribution in [0.15, 0.2) is 83.3 Å². The molecule has 0 radical (unpaired) electrons. The first-order valence-corrected chi connectivity index (χ1v) is 11.5. The quantitative estimate of drug-likeness (QED) is 0.267. The van der Waals surface area contributed by atoms with Crippen molar-refractivity contribution in [2.75, 3.05) is 19.7 Å². The molecule has 190 valence electrons. The van der Waals surface area contributed by atoms with Crippen molar-refractivity contribution in [2.24, 2.45) is 0 Å². The molecule has 1 aliphatic heterocycles. The second kappa shape index (κ2) is 11.6. The lowest BCUT2D eigenvalue weighted by Gasteiger charge is -2.43. The van der Waals surface area contributed by atoms with E-state index in [1.165, 1.54) is 29.8 Å². The number of aryl methyl sites for hydroxylation is 2. The van der Waals surface area contributed by atoms with Crippen molar-refractivity contribution >= 4 is 24.8 Å². The minimum Gasteiger partial charge on any atom is -0.459 e. The topological polar surface area (TPSA) is 25.6 Å². The summed E-state index contributed by atoms with van der Waals surface area (Å²) in [7, 11) is 0. The summed E-state index contributed by atoms with van der Waals surface area (Å²) in [5.41, 5.74) is 4.19. The summed E-state index contributed by atoms with van der Waals surface area (Å²) in [6.45, 7) is 6.48. The first kappa shape index (κ1) is 27.9. The molecule has 0 amide bonds. The van der Waals surface area contributed by atoms with E-state index in [0.29, 0.717) is 19.7 Å². The fraction of sp³-hybridized carbons (Fsp3) is 0.241. The van der Waals surface area contributed by atoms with E-state index in [9.17, 15) is 8.78 Å². The second-order valence-electron chi connectivity index (χ2n) is 8.98. The number of benzene rings is 3. The van der Waals surface area contributed by atoms with Crippen LogP contribution in [0.2, 0.25) is 0 Å². The van der Waals surface area contributed by atoms with Gasteiger partial charge in [-0.25, -0.2) is 8.78 Å². The molecule has 1 fully saturated rings. The maximum Gasteiger partial charge on any atom is 0.134 e. The van der Waals surface area contributed by atoms with Gasteiger partial charge in [-0.2, -0.15) is 0 Å². The van der Waals surface area contributed by atoms with Gasteiger partial charge in [0.2, 0.25) is 0 Å². The molecule has 1 aliphatic rings. The maximum atomic E-state index is 13.7. The van der Waals surface area contributed by atoms with Crippen molar-refractivity contribution in [1.29, 1.82) is 0 Å². The average Bonchev–Trinajstić information content (AvgIpc) is 3.20. The van der Waals surface area contributed by atoms with E-state index in [1.807, 2.05) is 0 Å². The van der Waals surface area contributed by atoms with E-state index < -0.39 is 5.60 Å². The van der Waals surface area contributed by atoms with Crippen LogP contribution in [0.4, 0.5) is 8.78 Å². The van der Waals surface area contributed by atoms with E-state index >= 15 is 0 Å². The largest absolute Gasteiger partial charge is 0.459 e. The van der Waals surface area contributed by atoms with Crippen LogP contribution in [0.3, 0.4) is 0 Å². The number of furan rings is 1. The standard InChI is InChI=1S/C29H27F2NO2.2ClH/c1-20-3-5-22(6-4-20)27-17-21(2)28(34-27)18-32-15-16-33-29(19-32,23-7-11-25(30)12-8-23)24-9-13-26(31)14-10-24;;/h3-14,17H,15-16,18-19H2,1-2H3;2*1H. The van der Waals surface area contributed by atoms with Crippen molar-refractivity contribution in [1.82, 2.24) is 4.90 Å². The van der Waals surface area contributed by atoms with Crippen molar-refractivity contribution in [3.05, 3.63) is 119 Å². The highest BCUT2D eigenvalue weighted by atomic mass is 35.5. The van der Waals surface area contributed by atoms with E-state index in [4.69, 9.17) is 9.15 Å². The smallest absolute Gasteiger partial charge is 0.134 e. The Hall–Kier alpha value is -2.70. The molecule has 7 heteroatoms. The second-order valence-corrected chi connectivity index (χ2v) is 8.98. The number of halogens is 4. The Labute approximate surface area is 222 Å². The highest BCUT2D eigenvalue weighted by molar-refractivity contribution is 5.85. The molecule has 1 saturated heterocycles. The Bertz CT molecular complexity index is 1230. The first-order chi connectivity index (χ1) is 16.4. The van der Waals surface area contributed by atoms with E-state index in [2.05, 4.69) is 49.1 Å². The zero-order valence-electron chi connectivity index (χ0n) is 20.2. The molecular formula is C29H29Cl2F2NO2. The molecule has 3 nitrogen and oxygen atoms in total. The number of morpholine rings is 1. The molecule has 1 aromatic heterocycles. The zero-order valence-corrected chi connectivity index (χ0v) is 21.8. The predicted octanol–water partition coefficient (Wildman–Crippen LogP) is 7.46. The van der Waals surface area contributed by atoms with Gasteiger partial charge in [-0.15, -0.1) is 24.8 Å². The minimum atomic E-state index is -0.833. The number of ether oxygens (including phenoxy) is 1. The number of hydrogen-bond donors (Lipinski definition) is 0. The fourth-order valence-corrected chi connectivity index (χ4v) is 4.62. The van der Waals surface area contributed by atoms with Crippen LogP contribution in [-0.2, 0) is 16.9 Å². The van der Waals surface area contributed by atoms with Gasteiger partial charge in [0.25, 0.3) is 0 Å². The van der Waals surface area contributed by atoms with Gasteiger partial charge in [0.1, 0.15) is 28.8 Å². The van der Waals surface area contributed by atoms with Crippen LogP contribution in [0, 0.1) is 25.5 Å². The third-order valence-electron chi connectivity index (χ3n) is 6.55. The summed E-state index contributed by atoms with van der Waals surface area (Å²) < 4.78 is 40.0. The zero-order chi connectivity index (χ0) is 23.7. The molecule has 4 aromatic rings. The molecule has 0 N–H and O–H groups in total. The third-order valence-corrected chi connectivity index (χ3v) is 6.55. The number of rotatable bonds is 5. The summed E-state index contributed by atoms with van der Waals surface area (Å²) in [5.74, 6) is 1.15. The molecule has 0 spiro atoms. The Balaban J connectivity index is 0.00000180. The summed E-state index contributed by atoms with van der Waals surface area (Å²) in [6.07, 6.45) is 0. The van der Waals surface area contributed by atoms with Crippen molar-refractivity contribution in [2.45, 2.75) is 26.0 Å². The van der Waals surface area contributed by atoms with Crippen molar-refractivity contribution in [3.8, 4) is 11.3 Å². The normalized spacial score (nSPS) is 15.1. The molecule has 0 aliphatic carbocycles. The summed E-state index contributed by atoms with van der Waals surface area (Å²) in [6, 6.07) is 23.1. The lowest BCUT2D eigenvalue weighted by Crippen LogP contribution is -2.50. The monoisotopic (exact) mass is 531 g/mol. The molecule has 3 aromatic carbocycles. The van der Waals surface area contributed by atoms with Crippen LogP contribution in [-0.4, -0.2) is 24.6 Å². The van der Waals surface area contributed by atoms with Crippen LogP contribution in [0.5, 0.6) is 0 Å². The van der Waals surface area contributed by atoms with Gasteiger partial charge in [-0.1, -0.05) is 54.1 Å². The van der Waals surface area contributed by atoms with Gasteiger partial charge in [-0.3, -0.25) is 4.90 Å². The van der Waals surface area contributed by atoms with Crippen LogP contribution < -0.4 is 0 Å². The van der Waals surface area contributed by atoms with E-state index in [0.717, 1.165) is 40.3 Å². The van der Waals surface area contributed by atoms with Crippen molar-refractivity contribution in [3.63, 3.8) is 0 Å². The molecule has 0 bridgehead atoms. The van der Waals surface area contributed by atoms with E-state index in [1.54, 1.807) is 24.3 Å². The Morgan fingerprint density at radius 2 is 1.36 bits per heavy atom. The van der Waals surface area contributed by atoms with Gasteiger partial charge in [-0.05, 0) is 60.9 Å². The number of hydrogen-bond acceptors (Lipinski definition) is 3. The van der Waals surface area contributed by atoms with Crippen LogP contribution >= 0.6 is 24.8 Å². The molecule has 5 rings (SSSR count). The Kier molecular flexibility index (Phi) is 8.96. The lowest BCUT2D eigenvalue weighted by molar-refractivity contribution is -0.0919. The summed E-state index contributed by atoms with van der Waals surface area (Å²) >= 11 is 0. The molecule has 0 atom stereocenters. The van der Waals surface area contributed by atoms with Crippen LogP contribution in [0.25, 0.3) is 11.3 Å². The summed E-state index contributed by atoms with van der Waals surface area (Å²) in [5, 5.41) is 0. The van der Waals surface area contributed by atoms with Gasteiger partial charge < -0.3 is 9.15 Å². The Morgan fingerprint density at radius 1 is 0.806 bits per heavy atom. The van der Waals surface area contributed by atoms with Gasteiger partial charge in [0.05, 0.1) is 13.2 Å². The van der Waals surface area contributed by atoms with Crippen molar-refractivity contribution < 1.29 is 17.9 Å². The minimum absolute atomic E-state index is 0. The lowest BCUT2D eigenvalue weighted by atomic mass is 9.84. The molecular weight excluding hydrogens is 503 g/mol. The summed E-state index contributed by atoms with van der Waals surface area (Å²) in [4.78, 5) is 2.28. The van der Waals surface area contributed by atoms with Gasteiger partial charge in [0, 0.05) is 18.7 Å². The van der Waals surface area contributed by atoms with E-state index in [-0.39, 0.29) is 36.4 Å². The number of nitrogens with zero attached hydrogens (tertiary/aromatic N) is 1. The first-order valence-electron chi connectivity index (χ1n) is 11.5. The van der Waals surface area contributed by atoms with Crippen LogP contribution in [0.1, 0.15) is 28.0 Å². The highest BCUT2D eigenvalue weighted by Crippen LogP contribution is 2.38. The highest BCUT2D eigenvalue weighted by Gasteiger charge is 2.40. The molecule has 0 saturated carbocycles. The fourth-order valence-electron chi connectivity index (χ4n) is 4.62. The predicted molar refractivity (Wildman–Crippen MR) is 143 cm³/mol. The third kappa shape index (κ3) is 5.65. The molecule has 36 heavy (non-hydrogen) atoms. The average molecular weight is 532 g/mol. The molecule has 0 unspecified atom stereocenters.